The molecule has 0 saturated carbocycles. The van der Waals surface area contributed by atoms with Crippen LogP contribution in [0.4, 0.5) is 0 Å². The topological polar surface area (TPSA) is 60.7 Å². The van der Waals surface area contributed by atoms with Crippen LogP contribution in [0.3, 0.4) is 0 Å². The van der Waals surface area contributed by atoms with E-state index in [1.165, 1.54) is 6.07 Å². The lowest BCUT2D eigenvalue weighted by Gasteiger charge is -2.10. The molecule has 0 heterocycles. The molecule has 0 unspecified atom stereocenters. The summed E-state index contributed by atoms with van der Waals surface area (Å²) in [6.45, 7) is 0. The number of hydrogen-bond donors (Lipinski definition) is 3. The largest absolute Gasteiger partial charge is 0.508 e. The summed E-state index contributed by atoms with van der Waals surface area (Å²) in [6, 6.07) is 19.7. The van der Waals surface area contributed by atoms with Gasteiger partial charge in [0, 0.05) is 18.1 Å². The Bertz CT molecular complexity index is 850. The predicted octanol–water partition coefficient (Wildman–Crippen LogP) is 4.56. The molecule has 0 aliphatic rings. The molecule has 0 spiro atoms. The van der Waals surface area contributed by atoms with E-state index in [0.717, 1.165) is 22.3 Å². The van der Waals surface area contributed by atoms with E-state index in [-0.39, 0.29) is 17.2 Å². The predicted molar refractivity (Wildman–Crippen MR) is 96.1 cm³/mol. The van der Waals surface area contributed by atoms with Gasteiger partial charge >= 0.3 is 0 Å². The summed E-state index contributed by atoms with van der Waals surface area (Å²) in [5, 5.41) is 29.4. The number of phenolic OH excluding ortho intramolecular Hbond substituents is 3. The van der Waals surface area contributed by atoms with Crippen molar-refractivity contribution in [2.45, 2.75) is 6.42 Å². The van der Waals surface area contributed by atoms with Crippen LogP contribution in [0.15, 0.2) is 66.7 Å². The van der Waals surface area contributed by atoms with E-state index in [0.29, 0.717) is 6.42 Å². The van der Waals surface area contributed by atoms with Crippen LogP contribution in [-0.4, -0.2) is 15.3 Å². The molecule has 0 aliphatic carbocycles. The van der Waals surface area contributed by atoms with Gasteiger partial charge in [0.1, 0.15) is 17.2 Å². The van der Waals surface area contributed by atoms with Gasteiger partial charge in [0.25, 0.3) is 0 Å². The number of phenols is 3. The molecule has 0 bridgehead atoms. The summed E-state index contributed by atoms with van der Waals surface area (Å²) in [6.07, 6.45) is 4.32. The summed E-state index contributed by atoms with van der Waals surface area (Å²) in [5.41, 5.74) is 3.48. The quantitative estimate of drug-likeness (QED) is 0.618. The minimum atomic E-state index is 0.0228. The van der Waals surface area contributed by atoms with Crippen molar-refractivity contribution in [3.63, 3.8) is 0 Å². The third kappa shape index (κ3) is 3.76. The van der Waals surface area contributed by atoms with E-state index >= 15 is 0 Å². The molecule has 120 valence electrons. The third-order valence-electron chi connectivity index (χ3n) is 3.82. The van der Waals surface area contributed by atoms with Crippen molar-refractivity contribution >= 4 is 12.2 Å². The first-order valence-corrected chi connectivity index (χ1v) is 7.68. The lowest BCUT2D eigenvalue weighted by molar-refractivity contribution is 0.446. The second kappa shape index (κ2) is 6.92. The van der Waals surface area contributed by atoms with Crippen molar-refractivity contribution in [3.8, 4) is 17.2 Å². The van der Waals surface area contributed by atoms with Gasteiger partial charge < -0.3 is 15.3 Å². The summed E-state index contributed by atoms with van der Waals surface area (Å²) >= 11 is 0. The van der Waals surface area contributed by atoms with Crippen LogP contribution in [0.25, 0.3) is 12.2 Å². The number of rotatable bonds is 4. The highest BCUT2D eigenvalue weighted by atomic mass is 16.3. The van der Waals surface area contributed by atoms with Gasteiger partial charge in [0.2, 0.25) is 0 Å². The fourth-order valence-electron chi connectivity index (χ4n) is 2.57. The van der Waals surface area contributed by atoms with Crippen LogP contribution in [0.1, 0.15) is 22.3 Å². The lowest BCUT2D eigenvalue weighted by Crippen LogP contribution is -1.93. The van der Waals surface area contributed by atoms with Crippen LogP contribution in [0.5, 0.6) is 17.2 Å². The van der Waals surface area contributed by atoms with Gasteiger partial charge in [-0.2, -0.15) is 0 Å². The Morgan fingerprint density at radius 2 is 1.42 bits per heavy atom. The fourth-order valence-corrected chi connectivity index (χ4v) is 2.57. The fraction of sp³-hybridized carbons (Fsp3) is 0.0476. The van der Waals surface area contributed by atoms with E-state index in [1.54, 1.807) is 18.2 Å². The van der Waals surface area contributed by atoms with Crippen LogP contribution in [0, 0.1) is 0 Å². The Morgan fingerprint density at radius 3 is 2.12 bits per heavy atom. The van der Waals surface area contributed by atoms with E-state index < -0.39 is 0 Å². The molecule has 0 radical (unpaired) electrons. The molecule has 3 rings (SSSR count). The lowest BCUT2D eigenvalue weighted by atomic mass is 9.97. The first kappa shape index (κ1) is 15.7. The molecule has 3 nitrogen and oxygen atoms in total. The molecule has 0 saturated heterocycles. The minimum Gasteiger partial charge on any atom is -0.508 e. The van der Waals surface area contributed by atoms with Crippen LogP contribution >= 0.6 is 0 Å². The van der Waals surface area contributed by atoms with Crippen LogP contribution in [0.2, 0.25) is 0 Å². The zero-order valence-corrected chi connectivity index (χ0v) is 13.1. The zero-order chi connectivity index (χ0) is 16.9. The summed E-state index contributed by atoms with van der Waals surface area (Å²) < 4.78 is 0. The molecule has 3 aromatic rings. The molecule has 0 amide bonds. The molecule has 0 atom stereocenters. The summed E-state index contributed by atoms with van der Waals surface area (Å²) in [7, 11) is 0. The molecular formula is C21H18O3. The van der Waals surface area contributed by atoms with Gasteiger partial charge in [-0.3, -0.25) is 0 Å². The molecule has 3 N–H and O–H groups in total. The normalized spacial score (nSPS) is 11.0. The maximum absolute atomic E-state index is 10.2. The van der Waals surface area contributed by atoms with Crippen LogP contribution in [-0.2, 0) is 6.42 Å². The van der Waals surface area contributed by atoms with E-state index in [4.69, 9.17) is 0 Å². The average Bonchev–Trinajstić information content (AvgIpc) is 2.58. The summed E-state index contributed by atoms with van der Waals surface area (Å²) in [5.74, 6) is 0.281. The molecular weight excluding hydrogens is 300 g/mol. The van der Waals surface area contributed by atoms with Crippen molar-refractivity contribution < 1.29 is 15.3 Å². The maximum atomic E-state index is 10.2. The van der Waals surface area contributed by atoms with Gasteiger partial charge in [-0.05, 0) is 34.9 Å². The number of benzene rings is 3. The SMILES string of the molecule is Oc1ccc(Cc2c(O)cc(O)cc2/C=C/c2ccccc2)cc1. The number of aromatic hydroxyl groups is 3. The van der Waals surface area contributed by atoms with Gasteiger partial charge in [0.05, 0.1) is 0 Å². The minimum absolute atomic E-state index is 0.0228. The summed E-state index contributed by atoms with van der Waals surface area (Å²) in [4.78, 5) is 0. The monoisotopic (exact) mass is 318 g/mol. The van der Waals surface area contributed by atoms with Gasteiger partial charge in [-0.1, -0.05) is 54.6 Å². The molecule has 0 aromatic heterocycles. The standard InChI is InChI=1S/C21H18O3/c22-18-10-7-16(8-11-18)12-20-17(13-19(23)14-21(20)24)9-6-15-4-2-1-3-5-15/h1-11,13-14,22-24H,12H2/b9-6+. The van der Waals surface area contributed by atoms with Crippen molar-refractivity contribution in [3.05, 3.63) is 89.0 Å². The van der Waals surface area contributed by atoms with Crippen molar-refractivity contribution in [2.75, 3.05) is 0 Å². The maximum Gasteiger partial charge on any atom is 0.123 e. The molecule has 0 fully saturated rings. The van der Waals surface area contributed by atoms with E-state index in [1.807, 2.05) is 54.6 Å². The Kier molecular flexibility index (Phi) is 4.52. The Labute approximate surface area is 140 Å². The third-order valence-corrected chi connectivity index (χ3v) is 3.82. The smallest absolute Gasteiger partial charge is 0.123 e. The molecule has 3 heteroatoms. The Hall–Kier alpha value is -3.20. The Morgan fingerprint density at radius 1 is 0.708 bits per heavy atom. The Balaban J connectivity index is 1.96. The first-order chi connectivity index (χ1) is 11.6. The van der Waals surface area contributed by atoms with E-state index in [2.05, 4.69) is 0 Å². The second-order valence-electron chi connectivity index (χ2n) is 5.62. The highest BCUT2D eigenvalue weighted by Gasteiger charge is 2.10. The van der Waals surface area contributed by atoms with Crippen molar-refractivity contribution in [1.82, 2.24) is 0 Å². The molecule has 24 heavy (non-hydrogen) atoms. The highest BCUT2D eigenvalue weighted by Crippen LogP contribution is 2.31. The molecule has 0 aliphatic heterocycles. The first-order valence-electron chi connectivity index (χ1n) is 7.68. The van der Waals surface area contributed by atoms with Crippen molar-refractivity contribution in [2.24, 2.45) is 0 Å². The van der Waals surface area contributed by atoms with Crippen LogP contribution < -0.4 is 0 Å². The second-order valence-corrected chi connectivity index (χ2v) is 5.62. The van der Waals surface area contributed by atoms with Gasteiger partial charge in [0.15, 0.2) is 0 Å². The van der Waals surface area contributed by atoms with Crippen molar-refractivity contribution in [1.29, 1.82) is 0 Å². The zero-order valence-electron chi connectivity index (χ0n) is 13.1. The number of hydrogen-bond acceptors (Lipinski definition) is 3. The average molecular weight is 318 g/mol. The molecule has 3 aromatic carbocycles. The van der Waals surface area contributed by atoms with E-state index in [9.17, 15) is 15.3 Å². The van der Waals surface area contributed by atoms with Gasteiger partial charge in [-0.15, -0.1) is 0 Å². The van der Waals surface area contributed by atoms with Gasteiger partial charge in [-0.25, -0.2) is 0 Å². The highest BCUT2D eigenvalue weighted by molar-refractivity contribution is 5.73.